The first-order chi connectivity index (χ1) is 5.75. The summed E-state index contributed by atoms with van der Waals surface area (Å²) in [4.78, 5) is 0. The first kappa shape index (κ1) is 6.44. The molecule has 0 aromatic rings. The predicted octanol–water partition coefficient (Wildman–Crippen LogP) is 1.17. The molecule has 2 fully saturated rings. The summed E-state index contributed by atoms with van der Waals surface area (Å²) in [5.74, 6) is 0. The number of hydrogen-bond acceptors (Lipinski definition) is 2. The van der Waals surface area contributed by atoms with Crippen molar-refractivity contribution in [1.82, 2.24) is 5.32 Å². The molecule has 0 aliphatic carbocycles. The molecule has 1 spiro atoms. The fourth-order valence-electron chi connectivity index (χ4n) is 2.13. The van der Waals surface area contributed by atoms with Crippen molar-refractivity contribution >= 4 is 0 Å². The van der Waals surface area contributed by atoms with Crippen LogP contribution in [0.3, 0.4) is 0 Å². The van der Waals surface area contributed by atoms with Crippen molar-refractivity contribution in [1.29, 1.82) is 0 Å². The smallest absolute Gasteiger partial charge is 0.0553 e. The zero-order valence-corrected chi connectivity index (χ0v) is 7.10. The SMILES string of the molecule is [2H]C1C(C)OCC12CCNCC2. The number of hydrogen-bond donors (Lipinski definition) is 1. The second kappa shape index (κ2) is 2.76. The van der Waals surface area contributed by atoms with Crippen LogP contribution in [0.1, 0.15) is 27.5 Å². The van der Waals surface area contributed by atoms with E-state index in [1.165, 1.54) is 0 Å². The average Bonchev–Trinajstić information content (AvgIpc) is 2.37. The van der Waals surface area contributed by atoms with Crippen LogP contribution >= 0.6 is 0 Å². The van der Waals surface area contributed by atoms with Crippen molar-refractivity contribution in [2.45, 2.75) is 32.3 Å². The molecule has 2 aliphatic rings. The molecule has 0 radical (unpaired) electrons. The molecule has 0 amide bonds. The van der Waals surface area contributed by atoms with Gasteiger partial charge in [0.15, 0.2) is 0 Å². The van der Waals surface area contributed by atoms with E-state index in [1.807, 2.05) is 6.92 Å². The van der Waals surface area contributed by atoms with Crippen molar-refractivity contribution < 1.29 is 6.11 Å². The van der Waals surface area contributed by atoms with E-state index in [-0.39, 0.29) is 17.9 Å². The summed E-state index contributed by atoms with van der Waals surface area (Å²) in [5, 5.41) is 3.33. The van der Waals surface area contributed by atoms with Crippen LogP contribution < -0.4 is 5.32 Å². The van der Waals surface area contributed by atoms with E-state index < -0.39 is 0 Å². The first-order valence-electron chi connectivity index (χ1n) is 5.07. The molecule has 64 valence electrons. The summed E-state index contributed by atoms with van der Waals surface area (Å²) in [6, 6.07) is 0. The molecule has 1 N–H and O–H groups in total. The Morgan fingerprint density at radius 1 is 1.55 bits per heavy atom. The van der Waals surface area contributed by atoms with E-state index in [9.17, 15) is 0 Å². The zero-order chi connectivity index (χ0) is 8.60. The van der Waals surface area contributed by atoms with Crippen LogP contribution in [0.2, 0.25) is 0 Å². The molecule has 0 aromatic heterocycles. The lowest BCUT2D eigenvalue weighted by atomic mass is 9.77. The van der Waals surface area contributed by atoms with Gasteiger partial charge in [-0.2, -0.15) is 0 Å². The standard InChI is InChI=1S/C9H17NO/c1-8-6-9(7-11-8)2-4-10-5-3-9/h8,10H,2-7H2,1H3/i6D. The minimum absolute atomic E-state index is 0.000370. The van der Waals surface area contributed by atoms with E-state index in [1.54, 1.807) is 0 Å². The molecule has 2 rings (SSSR count). The maximum atomic E-state index is 8.03. The van der Waals surface area contributed by atoms with Crippen LogP contribution in [0.15, 0.2) is 0 Å². The maximum absolute atomic E-state index is 8.03. The van der Waals surface area contributed by atoms with Crippen LogP contribution in [0.4, 0.5) is 0 Å². The third-order valence-corrected chi connectivity index (χ3v) is 2.82. The summed E-state index contributed by atoms with van der Waals surface area (Å²) in [7, 11) is 0. The number of piperidine rings is 1. The molecule has 11 heavy (non-hydrogen) atoms. The van der Waals surface area contributed by atoms with Crippen molar-refractivity contribution in [3.63, 3.8) is 0 Å². The largest absolute Gasteiger partial charge is 0.378 e. The molecule has 2 nitrogen and oxygen atoms in total. The van der Waals surface area contributed by atoms with Crippen LogP contribution in [-0.4, -0.2) is 25.8 Å². The van der Waals surface area contributed by atoms with Crippen molar-refractivity contribution in [2.75, 3.05) is 19.7 Å². The minimum atomic E-state index is -0.000370. The van der Waals surface area contributed by atoms with Gasteiger partial charge in [0.25, 0.3) is 0 Å². The summed E-state index contributed by atoms with van der Waals surface area (Å²) in [5.41, 5.74) is 0.185. The van der Waals surface area contributed by atoms with Crippen LogP contribution in [0, 0.1) is 5.41 Å². The Hall–Kier alpha value is -0.0800. The molecule has 2 heterocycles. The lowest BCUT2D eigenvalue weighted by Crippen LogP contribution is -2.37. The normalized spacial score (nSPS) is 44.3. The van der Waals surface area contributed by atoms with Gasteiger partial charge in [0, 0.05) is 1.37 Å². The van der Waals surface area contributed by atoms with E-state index in [0.29, 0.717) is 0 Å². The highest BCUT2D eigenvalue weighted by Gasteiger charge is 2.38. The topological polar surface area (TPSA) is 21.3 Å². The molecular weight excluding hydrogens is 138 g/mol. The Balaban J connectivity index is 2.09. The molecule has 2 heteroatoms. The number of rotatable bonds is 0. The van der Waals surface area contributed by atoms with Gasteiger partial charge in [-0.05, 0) is 44.7 Å². The molecule has 2 aliphatic heterocycles. The third kappa shape index (κ3) is 1.42. The maximum Gasteiger partial charge on any atom is 0.0553 e. The van der Waals surface area contributed by atoms with Gasteiger partial charge in [0.2, 0.25) is 0 Å². The van der Waals surface area contributed by atoms with E-state index >= 15 is 0 Å². The summed E-state index contributed by atoms with van der Waals surface area (Å²) >= 11 is 0. The van der Waals surface area contributed by atoms with Crippen LogP contribution in [-0.2, 0) is 4.74 Å². The fourth-order valence-corrected chi connectivity index (χ4v) is 2.13. The fraction of sp³-hybridized carbons (Fsp3) is 1.00. The van der Waals surface area contributed by atoms with Gasteiger partial charge >= 0.3 is 0 Å². The second-order valence-corrected chi connectivity index (χ2v) is 3.80. The number of ether oxygens (including phenoxy) is 1. The molecule has 2 atom stereocenters. The average molecular weight is 156 g/mol. The van der Waals surface area contributed by atoms with Gasteiger partial charge in [0.1, 0.15) is 0 Å². The second-order valence-electron chi connectivity index (χ2n) is 3.80. The van der Waals surface area contributed by atoms with Crippen molar-refractivity contribution in [3.8, 4) is 0 Å². The van der Waals surface area contributed by atoms with Gasteiger partial charge in [0.05, 0.1) is 12.7 Å². The van der Waals surface area contributed by atoms with Crippen LogP contribution in [0.5, 0.6) is 0 Å². The van der Waals surface area contributed by atoms with Gasteiger partial charge in [-0.1, -0.05) is 0 Å². The Kier molecular flexibility index (Phi) is 1.61. The van der Waals surface area contributed by atoms with E-state index in [0.717, 1.165) is 32.5 Å². The van der Waals surface area contributed by atoms with E-state index in [2.05, 4.69) is 5.32 Å². The highest BCUT2D eigenvalue weighted by Crippen LogP contribution is 2.39. The predicted molar refractivity (Wildman–Crippen MR) is 44.6 cm³/mol. The van der Waals surface area contributed by atoms with Gasteiger partial charge in [-0.15, -0.1) is 0 Å². The van der Waals surface area contributed by atoms with Gasteiger partial charge in [-0.25, -0.2) is 0 Å². The summed E-state index contributed by atoms with van der Waals surface area (Å²) < 4.78 is 13.6. The molecule has 0 saturated carbocycles. The van der Waals surface area contributed by atoms with E-state index in [4.69, 9.17) is 6.11 Å². The van der Waals surface area contributed by atoms with Crippen molar-refractivity contribution in [3.05, 3.63) is 0 Å². The molecular formula is C9H17NO. The number of nitrogens with one attached hydrogen (secondary N) is 1. The Labute approximate surface area is 69.7 Å². The van der Waals surface area contributed by atoms with Gasteiger partial charge in [-0.3, -0.25) is 0 Å². The molecule has 2 unspecified atom stereocenters. The third-order valence-electron chi connectivity index (χ3n) is 2.82. The molecule has 2 saturated heterocycles. The highest BCUT2D eigenvalue weighted by molar-refractivity contribution is 4.90. The van der Waals surface area contributed by atoms with Crippen molar-refractivity contribution in [2.24, 2.45) is 5.41 Å². The highest BCUT2D eigenvalue weighted by atomic mass is 16.5. The summed E-state index contributed by atoms with van der Waals surface area (Å²) in [6.45, 7) is 4.95. The lowest BCUT2D eigenvalue weighted by Gasteiger charge is -2.32. The molecule has 0 aromatic carbocycles. The van der Waals surface area contributed by atoms with Gasteiger partial charge < -0.3 is 10.1 Å². The summed E-state index contributed by atoms with van der Waals surface area (Å²) in [6.07, 6.45) is 2.37. The lowest BCUT2D eigenvalue weighted by molar-refractivity contribution is 0.0952. The Bertz CT molecular complexity index is 162. The Morgan fingerprint density at radius 2 is 2.27 bits per heavy atom. The van der Waals surface area contributed by atoms with Crippen LogP contribution in [0.25, 0.3) is 0 Å². The zero-order valence-electron chi connectivity index (χ0n) is 8.10. The monoisotopic (exact) mass is 156 g/mol. The molecule has 0 bridgehead atoms. The minimum Gasteiger partial charge on any atom is -0.378 e. The first-order valence-corrected chi connectivity index (χ1v) is 4.49. The quantitative estimate of drug-likeness (QED) is 0.568. The Morgan fingerprint density at radius 3 is 2.82 bits per heavy atom.